The predicted molar refractivity (Wildman–Crippen MR) is 156 cm³/mol. The third-order valence-corrected chi connectivity index (χ3v) is 6.74. The van der Waals surface area contributed by atoms with Gasteiger partial charge in [0.1, 0.15) is 0 Å². The minimum absolute atomic E-state index is 0. The summed E-state index contributed by atoms with van der Waals surface area (Å²) in [5.41, 5.74) is 10.1. The summed E-state index contributed by atoms with van der Waals surface area (Å²) in [6.45, 7) is 9.24. The zero-order valence-corrected chi connectivity index (χ0v) is 25.0. The fourth-order valence-corrected chi connectivity index (χ4v) is 5.24. The normalized spacial score (nSPS) is 11.1. The molecule has 5 rings (SSSR count). The van der Waals surface area contributed by atoms with E-state index in [-0.39, 0.29) is 20.1 Å². The van der Waals surface area contributed by atoms with Crippen LogP contribution < -0.4 is 0 Å². The van der Waals surface area contributed by atoms with Gasteiger partial charge in [-0.05, 0) is 64.1 Å². The Balaban J connectivity index is 0.00000336. The molecule has 0 amide bonds. The van der Waals surface area contributed by atoms with Crippen molar-refractivity contribution in [3.8, 4) is 39.3 Å². The van der Waals surface area contributed by atoms with Gasteiger partial charge in [0.15, 0.2) is 0 Å². The van der Waals surface area contributed by atoms with Gasteiger partial charge in [0.2, 0.25) is 0 Å². The van der Waals surface area contributed by atoms with E-state index < -0.39 is 0 Å². The molecule has 1 heterocycles. The SMILES string of the molecule is CC(C)Cc1c(-c2ccccc2)cc(-c2ccccc2)c(CC(C)C)c1-n1ccnc1-c1[c-]cccc1.[Ir]. The van der Waals surface area contributed by atoms with Gasteiger partial charge in [-0.1, -0.05) is 88.4 Å². The summed E-state index contributed by atoms with van der Waals surface area (Å²) in [6, 6.07) is 35.7. The summed E-state index contributed by atoms with van der Waals surface area (Å²) in [7, 11) is 0. The molecule has 0 saturated carbocycles. The average Bonchev–Trinajstić information content (AvgIpc) is 3.39. The van der Waals surface area contributed by atoms with E-state index in [0.717, 1.165) is 24.2 Å². The summed E-state index contributed by atoms with van der Waals surface area (Å²) < 4.78 is 2.32. The van der Waals surface area contributed by atoms with Crippen molar-refractivity contribution in [1.29, 1.82) is 0 Å². The molecule has 2 nitrogen and oxygen atoms in total. The first-order chi connectivity index (χ1) is 18.0. The fraction of sp³-hybridized carbons (Fsp3) is 0.229. The van der Waals surface area contributed by atoms with Crippen LogP contribution in [0.15, 0.2) is 103 Å². The molecule has 0 spiro atoms. The van der Waals surface area contributed by atoms with Crippen LogP contribution >= 0.6 is 0 Å². The molecule has 5 aromatic rings. The Morgan fingerprint density at radius 2 is 1.24 bits per heavy atom. The first-order valence-corrected chi connectivity index (χ1v) is 13.3. The van der Waals surface area contributed by atoms with E-state index in [1.165, 1.54) is 39.1 Å². The quantitative estimate of drug-likeness (QED) is 0.150. The van der Waals surface area contributed by atoms with Crippen molar-refractivity contribution in [1.82, 2.24) is 9.55 Å². The van der Waals surface area contributed by atoms with Crippen LogP contribution in [-0.2, 0) is 32.9 Å². The number of aromatic nitrogens is 2. The number of hydrogen-bond acceptors (Lipinski definition) is 1. The number of imidazole rings is 1. The smallest absolute Gasteiger partial charge is 0.0602 e. The third kappa shape index (κ3) is 5.90. The molecule has 0 atom stereocenters. The fourth-order valence-electron chi connectivity index (χ4n) is 5.24. The molecule has 0 unspecified atom stereocenters. The standard InChI is InChI=1S/C35H35N2.Ir/c1-25(2)22-32-30(27-14-8-5-9-15-27)24-31(28-16-10-6-11-17-28)33(23-26(3)4)34(32)37-21-20-36-35(37)29-18-12-7-13-19-29;/h5-18,20-21,24-26H,22-23H2,1-4H3;/q-1;. The van der Waals surface area contributed by atoms with Crippen molar-refractivity contribution in [3.63, 3.8) is 0 Å². The first kappa shape index (κ1) is 27.8. The van der Waals surface area contributed by atoms with E-state index in [1.54, 1.807) is 0 Å². The Kier molecular flexibility index (Phi) is 9.15. The van der Waals surface area contributed by atoms with E-state index in [4.69, 9.17) is 4.98 Å². The zero-order chi connectivity index (χ0) is 25.8. The van der Waals surface area contributed by atoms with Gasteiger partial charge in [-0.3, -0.25) is 4.98 Å². The molecule has 38 heavy (non-hydrogen) atoms. The molecule has 0 aliphatic rings. The monoisotopic (exact) mass is 676 g/mol. The molecule has 0 saturated heterocycles. The molecule has 0 aliphatic heterocycles. The summed E-state index contributed by atoms with van der Waals surface area (Å²) in [5, 5.41) is 0. The van der Waals surface area contributed by atoms with Crippen molar-refractivity contribution >= 4 is 0 Å². The maximum atomic E-state index is 4.84. The van der Waals surface area contributed by atoms with Crippen molar-refractivity contribution in [2.45, 2.75) is 40.5 Å². The summed E-state index contributed by atoms with van der Waals surface area (Å²) >= 11 is 0. The predicted octanol–water partition coefficient (Wildman–Crippen LogP) is 9.07. The van der Waals surface area contributed by atoms with Crippen LogP contribution in [0.1, 0.15) is 38.8 Å². The van der Waals surface area contributed by atoms with Crippen LogP contribution in [-0.4, -0.2) is 9.55 Å². The van der Waals surface area contributed by atoms with E-state index >= 15 is 0 Å². The number of rotatable bonds is 8. The van der Waals surface area contributed by atoms with Crippen LogP contribution in [0.25, 0.3) is 39.3 Å². The maximum absolute atomic E-state index is 4.84. The van der Waals surface area contributed by atoms with Crippen LogP contribution in [0.4, 0.5) is 0 Å². The van der Waals surface area contributed by atoms with Gasteiger partial charge in [0.05, 0.1) is 5.82 Å². The Morgan fingerprint density at radius 1 is 0.711 bits per heavy atom. The van der Waals surface area contributed by atoms with Crippen molar-refractivity contribution < 1.29 is 20.1 Å². The summed E-state index contributed by atoms with van der Waals surface area (Å²) in [4.78, 5) is 4.84. The molecule has 4 aromatic carbocycles. The second kappa shape index (κ2) is 12.5. The van der Waals surface area contributed by atoms with Crippen molar-refractivity contribution in [2.24, 2.45) is 11.8 Å². The molecule has 0 fully saturated rings. The molecule has 0 N–H and O–H groups in total. The van der Waals surface area contributed by atoms with Gasteiger partial charge in [0, 0.05) is 38.2 Å². The van der Waals surface area contributed by atoms with E-state index in [0.29, 0.717) is 11.8 Å². The van der Waals surface area contributed by atoms with Gasteiger partial charge in [0.25, 0.3) is 0 Å². The van der Waals surface area contributed by atoms with Crippen LogP contribution in [0.5, 0.6) is 0 Å². The number of benzene rings is 4. The minimum atomic E-state index is 0. The largest absolute Gasteiger partial charge is 0.339 e. The average molecular weight is 676 g/mol. The second-order valence-electron chi connectivity index (χ2n) is 10.6. The van der Waals surface area contributed by atoms with E-state index in [1.807, 2.05) is 18.3 Å². The van der Waals surface area contributed by atoms with E-state index in [2.05, 4.69) is 123 Å². The Hall–Kier alpha value is -3.26. The molecule has 3 heteroatoms. The van der Waals surface area contributed by atoms with Gasteiger partial charge in [-0.2, -0.15) is 0 Å². The van der Waals surface area contributed by atoms with Crippen LogP contribution in [0.2, 0.25) is 0 Å². The molecule has 0 bridgehead atoms. The molecular weight excluding hydrogens is 641 g/mol. The van der Waals surface area contributed by atoms with Gasteiger partial charge in [-0.25, -0.2) is 0 Å². The first-order valence-electron chi connectivity index (χ1n) is 13.3. The second-order valence-corrected chi connectivity index (χ2v) is 10.6. The maximum Gasteiger partial charge on any atom is 0.0602 e. The molecule has 0 aliphatic carbocycles. The zero-order valence-electron chi connectivity index (χ0n) is 22.6. The Morgan fingerprint density at radius 3 is 1.71 bits per heavy atom. The van der Waals surface area contributed by atoms with Crippen LogP contribution in [0.3, 0.4) is 0 Å². The topological polar surface area (TPSA) is 17.8 Å². The van der Waals surface area contributed by atoms with Crippen LogP contribution in [0, 0.1) is 17.9 Å². The third-order valence-electron chi connectivity index (χ3n) is 6.74. The molecule has 1 radical (unpaired) electrons. The number of nitrogens with zero attached hydrogens (tertiary/aromatic N) is 2. The molecule has 1 aromatic heterocycles. The molecular formula is C35H35IrN2-. The summed E-state index contributed by atoms with van der Waals surface area (Å²) in [6.07, 6.45) is 6.01. The summed E-state index contributed by atoms with van der Waals surface area (Å²) in [5.74, 6) is 1.94. The van der Waals surface area contributed by atoms with Gasteiger partial charge >= 0.3 is 0 Å². The minimum Gasteiger partial charge on any atom is -0.339 e. The molecule has 195 valence electrons. The Labute approximate surface area is 241 Å². The number of hydrogen-bond donors (Lipinski definition) is 0. The van der Waals surface area contributed by atoms with Gasteiger partial charge < -0.3 is 4.57 Å². The Bertz CT molecular complexity index is 1380. The van der Waals surface area contributed by atoms with E-state index in [9.17, 15) is 0 Å². The van der Waals surface area contributed by atoms with Crippen molar-refractivity contribution in [2.75, 3.05) is 0 Å². The van der Waals surface area contributed by atoms with Crippen molar-refractivity contribution in [3.05, 3.63) is 121 Å². The van der Waals surface area contributed by atoms with Gasteiger partial charge in [-0.15, -0.1) is 35.9 Å².